The molecule has 0 aromatic heterocycles. The first-order chi connectivity index (χ1) is 33.4. The molecule has 0 unspecified atom stereocenters. The Balaban J connectivity index is 1.57. The summed E-state index contributed by atoms with van der Waals surface area (Å²) >= 11 is 0. The Morgan fingerprint density at radius 1 is 0.549 bits per heavy atom. The molecule has 5 saturated heterocycles. The van der Waals surface area contributed by atoms with E-state index in [0.29, 0.717) is 0 Å². The van der Waals surface area contributed by atoms with E-state index in [1.165, 1.54) is 0 Å². The van der Waals surface area contributed by atoms with Crippen LogP contribution in [-0.4, -0.2) is 297 Å². The van der Waals surface area contributed by atoms with Crippen LogP contribution in [0.3, 0.4) is 0 Å². The normalized spacial score (nSPS) is 45.0. The highest BCUT2D eigenvalue weighted by Gasteiger charge is 2.62. The molecule has 5 rings (SSSR count). The summed E-state index contributed by atoms with van der Waals surface area (Å²) in [6.07, 6.45) is -45.9. The van der Waals surface area contributed by atoms with Crippen molar-refractivity contribution in [3.63, 3.8) is 0 Å². The van der Waals surface area contributed by atoms with Gasteiger partial charge in [-0.05, 0) is 0 Å². The van der Waals surface area contributed by atoms with Crippen LogP contribution >= 0.6 is 0 Å². The molecular weight excluding hydrogens is 974 g/mol. The van der Waals surface area contributed by atoms with Crippen molar-refractivity contribution in [3.05, 3.63) is 0 Å². The number of aliphatic hydroxyl groups excluding tert-OH is 15. The molecule has 0 radical (unpaired) electrons. The largest absolute Gasteiger partial charge is 0.477 e. The van der Waals surface area contributed by atoms with E-state index < -0.39 is 222 Å². The lowest BCUT2D eigenvalue weighted by Gasteiger charge is -2.52. The minimum Gasteiger partial charge on any atom is -0.477 e. The molecule has 5 aliphatic heterocycles. The van der Waals surface area contributed by atoms with Crippen LogP contribution in [-0.2, 0) is 61.8 Å². The van der Waals surface area contributed by atoms with Crippen molar-refractivity contribution in [2.24, 2.45) is 0 Å². The summed E-state index contributed by atoms with van der Waals surface area (Å²) in [6.45, 7) is -2.41. The molecule has 410 valence electrons. The lowest BCUT2D eigenvalue weighted by Crippen LogP contribution is -2.72. The maximum atomic E-state index is 13.4. The zero-order valence-corrected chi connectivity index (χ0v) is 38.1. The van der Waals surface area contributed by atoms with Crippen LogP contribution in [0.25, 0.3) is 0 Å². The lowest BCUT2D eigenvalue weighted by atomic mass is 9.88. The first kappa shape index (κ1) is 58.8. The van der Waals surface area contributed by atoms with Crippen LogP contribution in [0.2, 0.25) is 0 Å². The van der Waals surface area contributed by atoms with Gasteiger partial charge in [-0.1, -0.05) is 0 Å². The third-order valence-electron chi connectivity index (χ3n) is 12.5. The number of ether oxygens (including phenoxy) is 9. The molecule has 0 aromatic rings. The molecular formula is C39H65N3O29. The van der Waals surface area contributed by atoms with Gasteiger partial charge in [0.15, 0.2) is 25.2 Å². The number of carbonyl (C=O) groups excluding carboxylic acids is 3. The molecule has 0 bridgehead atoms. The summed E-state index contributed by atoms with van der Waals surface area (Å²) in [5.74, 6) is -8.02. The van der Waals surface area contributed by atoms with E-state index in [0.717, 1.165) is 20.8 Å². The molecule has 32 heteroatoms. The third-order valence-corrected chi connectivity index (χ3v) is 12.5. The van der Waals surface area contributed by atoms with Crippen molar-refractivity contribution in [2.45, 2.75) is 186 Å². The van der Waals surface area contributed by atoms with Crippen molar-refractivity contribution in [3.8, 4) is 0 Å². The summed E-state index contributed by atoms with van der Waals surface area (Å²) in [7, 11) is 0. The van der Waals surface area contributed by atoms with Gasteiger partial charge in [-0.2, -0.15) is 0 Å². The molecule has 32 nitrogen and oxygen atoms in total. The first-order valence-electron chi connectivity index (χ1n) is 22.2. The monoisotopic (exact) mass is 1040 g/mol. The maximum Gasteiger partial charge on any atom is 0.364 e. The quantitative estimate of drug-likeness (QED) is 0.0571. The Bertz CT molecular complexity index is 1780. The number of aliphatic hydroxyl groups is 15. The third kappa shape index (κ3) is 12.9. The smallest absolute Gasteiger partial charge is 0.364 e. The van der Waals surface area contributed by atoms with Gasteiger partial charge in [0.2, 0.25) is 17.7 Å². The van der Waals surface area contributed by atoms with Gasteiger partial charge in [-0.3, -0.25) is 14.4 Å². The Hall–Kier alpha value is -3.08. The first-order valence-corrected chi connectivity index (χ1v) is 22.2. The van der Waals surface area contributed by atoms with Crippen LogP contribution in [0.5, 0.6) is 0 Å². The molecule has 0 aliphatic carbocycles. The van der Waals surface area contributed by atoms with E-state index in [1.807, 2.05) is 0 Å². The minimum atomic E-state index is -3.32. The van der Waals surface area contributed by atoms with Gasteiger partial charge >= 0.3 is 5.97 Å². The highest BCUT2D eigenvalue weighted by molar-refractivity contribution is 5.77. The van der Waals surface area contributed by atoms with Crippen LogP contribution in [0.1, 0.15) is 27.2 Å². The van der Waals surface area contributed by atoms with E-state index in [1.54, 1.807) is 0 Å². The molecule has 26 atom stereocenters. The van der Waals surface area contributed by atoms with Crippen LogP contribution in [0, 0.1) is 0 Å². The van der Waals surface area contributed by atoms with Gasteiger partial charge in [-0.15, -0.1) is 0 Å². The maximum absolute atomic E-state index is 13.4. The summed E-state index contributed by atoms with van der Waals surface area (Å²) in [5, 5.41) is 179. The molecule has 0 spiro atoms. The highest BCUT2D eigenvalue weighted by Crippen LogP contribution is 2.40. The molecule has 0 aromatic carbocycles. The van der Waals surface area contributed by atoms with Crippen LogP contribution in [0.4, 0.5) is 0 Å². The number of hydrogen-bond acceptors (Lipinski definition) is 28. The topological polar surface area (TPSA) is 511 Å². The van der Waals surface area contributed by atoms with E-state index in [4.69, 9.17) is 42.6 Å². The Kier molecular flexibility index (Phi) is 20.7. The second-order valence-electron chi connectivity index (χ2n) is 17.6. The molecule has 5 fully saturated rings. The minimum absolute atomic E-state index is 0.845. The fraction of sp³-hybridized carbons (Fsp3) is 0.897. The predicted octanol–water partition coefficient (Wildman–Crippen LogP) is -12.3. The standard InChI is InChI=1S/C39H65N3O29/c1-10(48)40-19-13(51)4-39(38(61)62,70-31(19)22(53)14(52)5-43)71-33-28(59)37(66-18(9-47)30(33)68-35-20(41-11(2)49)25(56)23(54)15(6-44)64-35)67-29-17(8-46)65-36(21(26(29)57)42-12(3)50)69-32-24(55)16(7-45)63-34(60)27(32)58/h13-37,43-47,51-60H,4-9H2,1-3H3,(H,40,48)(H,41,49)(H,42,50)(H,61,62)/t13-,14+,15+,16+,17+,18+,19+,20+,21+,22+,23-,24-,25+,26+,27+,28+,29+,30-,31+,32-,33+,34+,35-,36-,37-,39-/m0/s1. The van der Waals surface area contributed by atoms with Gasteiger partial charge in [0.25, 0.3) is 5.79 Å². The fourth-order valence-corrected chi connectivity index (χ4v) is 8.94. The summed E-state index contributed by atoms with van der Waals surface area (Å²) < 4.78 is 51.9. The van der Waals surface area contributed by atoms with Gasteiger partial charge < -0.3 is 140 Å². The zero-order chi connectivity index (χ0) is 53.0. The lowest BCUT2D eigenvalue weighted by molar-refractivity contribution is -0.400. The Morgan fingerprint density at radius 3 is 1.54 bits per heavy atom. The molecule has 19 N–H and O–H groups in total. The SMILES string of the molecule is CC(=O)N[C@H]1[C@H](O[C@@H]2[C@@H](O)[C@H](O)O[C@H](CO)[C@@H]2O)O[C@H](CO)[C@@H](O[C@@H]2O[C@H](CO)[C@H](O[C@@H]3O[C@H](CO)[C@H](O)[C@H](O)[C@H]3NC(C)=O)[C@H](O[C@]3(C(=O)O)C[C@H](O)[C@@H](NC(C)=O)[C@H]([C@H](O)[C@H](O)CO)O3)[C@H]2O)[C@@H]1O. The van der Waals surface area contributed by atoms with Crippen molar-refractivity contribution in [1.82, 2.24) is 16.0 Å². The summed E-state index contributed by atoms with van der Waals surface area (Å²) in [5.41, 5.74) is 0. The second-order valence-corrected chi connectivity index (χ2v) is 17.6. The van der Waals surface area contributed by atoms with E-state index in [2.05, 4.69) is 16.0 Å². The van der Waals surface area contributed by atoms with Crippen LogP contribution in [0.15, 0.2) is 0 Å². The van der Waals surface area contributed by atoms with Crippen molar-refractivity contribution in [2.75, 3.05) is 33.0 Å². The van der Waals surface area contributed by atoms with Crippen molar-refractivity contribution < 1.29 is 144 Å². The van der Waals surface area contributed by atoms with Gasteiger partial charge in [0, 0.05) is 27.2 Å². The molecule has 71 heavy (non-hydrogen) atoms. The van der Waals surface area contributed by atoms with Gasteiger partial charge in [0.05, 0.1) is 45.2 Å². The second kappa shape index (κ2) is 25.0. The van der Waals surface area contributed by atoms with E-state index in [-0.39, 0.29) is 0 Å². The molecule has 0 saturated carbocycles. The average Bonchev–Trinajstić information content (AvgIpc) is 3.31. The number of carbonyl (C=O) groups is 4. The highest BCUT2D eigenvalue weighted by atomic mass is 16.8. The number of nitrogens with one attached hydrogen (secondary N) is 3. The Labute approximate surface area is 402 Å². The summed E-state index contributed by atoms with van der Waals surface area (Å²) in [6, 6.07) is -5.28. The van der Waals surface area contributed by atoms with Crippen molar-refractivity contribution in [1.29, 1.82) is 0 Å². The number of carboxylic acid groups (broad SMARTS) is 1. The zero-order valence-electron chi connectivity index (χ0n) is 38.1. The Morgan fingerprint density at radius 2 is 1.01 bits per heavy atom. The number of hydrogen-bond donors (Lipinski definition) is 19. The summed E-state index contributed by atoms with van der Waals surface area (Å²) in [4.78, 5) is 50.4. The number of carboxylic acids is 1. The van der Waals surface area contributed by atoms with Crippen LogP contribution < -0.4 is 16.0 Å². The average molecular weight is 1040 g/mol. The predicted molar refractivity (Wildman–Crippen MR) is 219 cm³/mol. The van der Waals surface area contributed by atoms with Gasteiger partial charge in [-0.25, -0.2) is 4.79 Å². The number of rotatable bonds is 19. The van der Waals surface area contributed by atoms with E-state index in [9.17, 15) is 101 Å². The molecule has 5 heterocycles. The van der Waals surface area contributed by atoms with Crippen molar-refractivity contribution >= 4 is 23.7 Å². The molecule has 3 amide bonds. The molecule has 5 aliphatic rings. The van der Waals surface area contributed by atoms with E-state index >= 15 is 0 Å². The number of amides is 3. The van der Waals surface area contributed by atoms with Gasteiger partial charge in [0.1, 0.15) is 116 Å². The fourth-order valence-electron chi connectivity index (χ4n) is 8.94. The number of aliphatic carboxylic acids is 1.